The number of aliphatic hydroxyl groups is 3. The van der Waals surface area contributed by atoms with Gasteiger partial charge in [-0.3, -0.25) is 4.79 Å². The van der Waals surface area contributed by atoms with E-state index in [0.29, 0.717) is 12.8 Å². The number of hydrogen-bond acceptors (Lipinski definition) is 14. The SMILES string of the molecule is B[C@@H]1O[C@H](COC(=O)OCc2ccccc2)C(OP(O)(=S)OC)[C@@H]1CCCCCCCNC(=S)CCCCO[C@@H]1O[C@H](CO)[C@H](O)[C@H](O)[C@H]1NC(C)=O. The van der Waals surface area contributed by atoms with Crippen molar-refractivity contribution in [2.45, 2.75) is 120 Å². The van der Waals surface area contributed by atoms with Gasteiger partial charge in [-0.05, 0) is 49.5 Å². The van der Waals surface area contributed by atoms with Gasteiger partial charge in [-0.15, -0.1) is 0 Å². The van der Waals surface area contributed by atoms with Crippen molar-refractivity contribution in [2.24, 2.45) is 5.92 Å². The van der Waals surface area contributed by atoms with E-state index in [1.165, 1.54) is 14.0 Å². The van der Waals surface area contributed by atoms with Gasteiger partial charge in [0.1, 0.15) is 57.6 Å². The molecular formula is C34H56BN2O13PS2. The molecule has 53 heavy (non-hydrogen) atoms. The van der Waals surface area contributed by atoms with Crippen molar-refractivity contribution in [1.29, 1.82) is 0 Å². The van der Waals surface area contributed by atoms with Crippen LogP contribution in [0, 0.1) is 5.92 Å². The predicted octanol–water partition coefficient (Wildman–Crippen LogP) is 1.95. The van der Waals surface area contributed by atoms with Gasteiger partial charge in [0, 0.05) is 39.1 Å². The quantitative estimate of drug-likeness (QED) is 0.0308. The van der Waals surface area contributed by atoms with E-state index in [4.69, 9.17) is 56.8 Å². The topological polar surface area (TPSA) is 204 Å². The Labute approximate surface area is 323 Å². The zero-order valence-electron chi connectivity index (χ0n) is 30.7. The number of thiocarbonyl (C=S) groups is 1. The first kappa shape index (κ1) is 45.6. The van der Waals surface area contributed by atoms with Crippen LogP contribution in [0.3, 0.4) is 0 Å². The van der Waals surface area contributed by atoms with Crippen LogP contribution in [0.2, 0.25) is 0 Å². The Hall–Kier alpha value is -1.80. The minimum Gasteiger partial charge on any atom is -0.431 e. The van der Waals surface area contributed by atoms with E-state index in [0.717, 1.165) is 62.0 Å². The average molecular weight is 807 g/mol. The summed E-state index contributed by atoms with van der Waals surface area (Å²) in [4.78, 5) is 35.0. The summed E-state index contributed by atoms with van der Waals surface area (Å²) >= 11 is 10.6. The number of benzene rings is 1. The highest BCUT2D eigenvalue weighted by Crippen LogP contribution is 2.48. The van der Waals surface area contributed by atoms with E-state index in [1.54, 1.807) is 0 Å². The third-order valence-electron chi connectivity index (χ3n) is 9.20. The monoisotopic (exact) mass is 806 g/mol. The molecule has 3 rings (SSSR count). The number of amides is 1. The second-order valence-electron chi connectivity index (χ2n) is 13.3. The molecule has 2 fully saturated rings. The van der Waals surface area contributed by atoms with Crippen molar-refractivity contribution in [3.05, 3.63) is 35.9 Å². The molecule has 19 heteroatoms. The van der Waals surface area contributed by atoms with Gasteiger partial charge in [0.25, 0.3) is 0 Å². The molecule has 300 valence electrons. The lowest BCUT2D eigenvalue weighted by Crippen LogP contribution is -2.64. The second-order valence-corrected chi connectivity index (χ2v) is 16.7. The normalized spacial score (nSPS) is 28.2. The van der Waals surface area contributed by atoms with E-state index in [-0.39, 0.29) is 31.7 Å². The number of ether oxygens (including phenoxy) is 5. The van der Waals surface area contributed by atoms with Gasteiger partial charge in [0.15, 0.2) is 6.29 Å². The van der Waals surface area contributed by atoms with Crippen LogP contribution in [0.1, 0.15) is 70.3 Å². The fourth-order valence-electron chi connectivity index (χ4n) is 6.33. The highest BCUT2D eigenvalue weighted by Gasteiger charge is 2.46. The molecule has 10 atom stereocenters. The van der Waals surface area contributed by atoms with Crippen LogP contribution in [-0.2, 0) is 55.9 Å². The van der Waals surface area contributed by atoms with Crippen LogP contribution in [-0.4, -0.2) is 127 Å². The van der Waals surface area contributed by atoms with E-state index < -0.39 is 68.2 Å². The maximum atomic E-state index is 12.3. The first-order valence-electron chi connectivity index (χ1n) is 18.2. The Morgan fingerprint density at radius 2 is 1.70 bits per heavy atom. The predicted molar refractivity (Wildman–Crippen MR) is 205 cm³/mol. The first-order chi connectivity index (χ1) is 25.3. The van der Waals surface area contributed by atoms with Gasteiger partial charge in [-0.25, -0.2) is 4.79 Å². The lowest BCUT2D eigenvalue weighted by atomic mass is 9.81. The van der Waals surface area contributed by atoms with E-state index >= 15 is 0 Å². The number of hydrogen-bond donors (Lipinski definition) is 6. The van der Waals surface area contributed by atoms with Crippen molar-refractivity contribution >= 4 is 55.6 Å². The Balaban J connectivity index is 1.28. The number of nitrogens with one attached hydrogen (secondary N) is 2. The molecule has 2 saturated heterocycles. The van der Waals surface area contributed by atoms with Gasteiger partial charge >= 0.3 is 12.9 Å². The minimum absolute atomic E-state index is 0.0798. The fourth-order valence-corrected chi connectivity index (χ4v) is 7.56. The van der Waals surface area contributed by atoms with Crippen molar-refractivity contribution in [1.82, 2.24) is 10.6 Å². The summed E-state index contributed by atoms with van der Waals surface area (Å²) < 4.78 is 38.9. The molecular weight excluding hydrogens is 750 g/mol. The third kappa shape index (κ3) is 16.1. The Kier molecular flexibility index (Phi) is 20.6. The van der Waals surface area contributed by atoms with Crippen molar-refractivity contribution in [3.8, 4) is 0 Å². The second kappa shape index (κ2) is 24.0. The number of carbonyl (C=O) groups excluding carboxylic acids is 2. The fraction of sp³-hybridized carbons (Fsp3) is 0.735. The van der Waals surface area contributed by atoms with Crippen LogP contribution < -0.4 is 10.6 Å². The minimum atomic E-state index is -3.50. The summed E-state index contributed by atoms with van der Waals surface area (Å²) in [6.07, 6.45) is 0.993. The highest BCUT2D eigenvalue weighted by atomic mass is 32.5. The van der Waals surface area contributed by atoms with E-state index in [1.807, 2.05) is 38.2 Å². The molecule has 0 aliphatic carbocycles. The number of unbranched alkanes of at least 4 members (excludes halogenated alkanes) is 5. The van der Waals surface area contributed by atoms with Crippen molar-refractivity contribution < 1.29 is 62.5 Å². The Morgan fingerprint density at radius 3 is 2.40 bits per heavy atom. The first-order valence-corrected chi connectivity index (χ1v) is 21.2. The van der Waals surface area contributed by atoms with Gasteiger partial charge in [0.2, 0.25) is 5.91 Å². The number of carbonyl (C=O) groups is 2. The molecule has 0 radical (unpaired) electrons. The van der Waals surface area contributed by atoms with Crippen molar-refractivity contribution in [2.75, 3.05) is 33.5 Å². The maximum Gasteiger partial charge on any atom is 0.508 e. The summed E-state index contributed by atoms with van der Waals surface area (Å²) in [6.45, 7) is -1.69. The molecule has 0 saturated carbocycles. The summed E-state index contributed by atoms with van der Waals surface area (Å²) in [5.74, 6) is -0.483. The largest absolute Gasteiger partial charge is 0.508 e. The van der Waals surface area contributed by atoms with Crippen LogP contribution in [0.4, 0.5) is 4.79 Å². The Morgan fingerprint density at radius 1 is 0.981 bits per heavy atom. The van der Waals surface area contributed by atoms with E-state index in [2.05, 4.69) is 10.6 Å². The molecule has 1 aromatic rings. The highest BCUT2D eigenvalue weighted by molar-refractivity contribution is 8.07. The lowest BCUT2D eigenvalue weighted by molar-refractivity contribution is -0.270. The summed E-state index contributed by atoms with van der Waals surface area (Å²) in [5, 5.41) is 35.8. The summed E-state index contributed by atoms with van der Waals surface area (Å²) in [6, 6.07) is 8.10. The van der Waals surface area contributed by atoms with Crippen LogP contribution >= 0.6 is 18.9 Å². The van der Waals surface area contributed by atoms with E-state index in [9.17, 15) is 29.8 Å². The zero-order valence-corrected chi connectivity index (χ0v) is 33.2. The van der Waals surface area contributed by atoms with Crippen LogP contribution in [0.15, 0.2) is 30.3 Å². The molecule has 2 heterocycles. The third-order valence-corrected chi connectivity index (χ3v) is 11.2. The molecule has 2 unspecified atom stereocenters. The molecule has 1 amide bonds. The van der Waals surface area contributed by atoms with Crippen molar-refractivity contribution in [3.63, 3.8) is 0 Å². The van der Waals surface area contributed by atoms with Crippen LogP contribution in [0.25, 0.3) is 0 Å². The molecule has 2 aliphatic rings. The molecule has 2 aliphatic heterocycles. The molecule has 6 N–H and O–H groups in total. The lowest BCUT2D eigenvalue weighted by Gasteiger charge is -2.42. The van der Waals surface area contributed by atoms with Gasteiger partial charge in [-0.1, -0.05) is 68.2 Å². The number of rotatable bonds is 23. The molecule has 1 aromatic carbocycles. The zero-order chi connectivity index (χ0) is 38.8. The number of aliphatic hydroxyl groups excluding tert-OH is 3. The maximum absolute atomic E-state index is 12.3. The molecule has 0 bridgehead atoms. The molecule has 0 aromatic heterocycles. The summed E-state index contributed by atoms with van der Waals surface area (Å²) in [7, 11) is 3.23. The van der Waals surface area contributed by atoms with Crippen LogP contribution in [0.5, 0.6) is 0 Å². The molecule has 0 spiro atoms. The Bertz CT molecular complexity index is 1310. The average Bonchev–Trinajstić information content (AvgIpc) is 3.42. The standard InChI is InChI=1S/C34H56BN2O13PS2/c1-22(39)37-28-30(41)29(40)25(19-38)49-33(28)45-18-12-10-16-27(52)36-17-11-5-3-4-9-15-24-31(50-51(43,53)44-2)26(48-32(24)35)21-47-34(42)46-20-23-13-7-6-8-14-23/h6-8,13-14,24-26,28-33,38,40-41H,3-5,9-12,15-21,35H2,1-2H3,(H,36,52)(H,37,39)(H,43,53)/t24-,25+,26+,28+,29-,30+,31?,32+,33+,51?/m0/s1. The van der Waals surface area contributed by atoms with Gasteiger partial charge < -0.3 is 63.6 Å². The smallest absolute Gasteiger partial charge is 0.431 e. The molecule has 15 nitrogen and oxygen atoms in total. The van der Waals surface area contributed by atoms with Gasteiger partial charge in [0.05, 0.1) is 11.6 Å². The summed E-state index contributed by atoms with van der Waals surface area (Å²) in [5.41, 5.74) is 0.837. The van der Waals surface area contributed by atoms with Gasteiger partial charge in [-0.2, -0.15) is 0 Å².